The van der Waals surface area contributed by atoms with E-state index in [4.69, 9.17) is 5.11 Å². The normalized spacial score (nSPS) is 16.4. The molecule has 1 atom stereocenters. The maximum Gasteiger partial charge on any atom is 0.416 e. The first-order valence-electron chi connectivity index (χ1n) is 12.8. The molecule has 1 aromatic heterocycles. The topological polar surface area (TPSA) is 153 Å². The van der Waals surface area contributed by atoms with Gasteiger partial charge in [-0.25, -0.2) is 18.2 Å². The van der Waals surface area contributed by atoms with E-state index in [-0.39, 0.29) is 32.1 Å². The molecular formula is C27H28F3N5O6S. The molecule has 1 amide bonds. The molecule has 4 rings (SSSR count). The molecule has 3 N–H and O–H groups in total. The minimum atomic E-state index is -4.66. The second kappa shape index (κ2) is 11.9. The fraction of sp³-hybridized carbons (Fsp3) is 0.333. The van der Waals surface area contributed by atoms with Crippen molar-refractivity contribution in [3.05, 3.63) is 77.0 Å². The number of benzene rings is 2. The smallest absolute Gasteiger partial charge is 0.416 e. The second-order valence-corrected chi connectivity index (χ2v) is 11.8. The van der Waals surface area contributed by atoms with Crippen LogP contribution in [0.25, 0.3) is 0 Å². The lowest BCUT2D eigenvalue weighted by Gasteiger charge is -2.39. The third-order valence-electron chi connectivity index (χ3n) is 6.80. The number of nitrogens with zero attached hydrogens (tertiary/aromatic N) is 4. The number of carbonyl (C=O) groups is 2. The molecule has 1 fully saturated rings. The van der Waals surface area contributed by atoms with E-state index in [0.29, 0.717) is 18.1 Å². The SMILES string of the molecule is CC(C)c1ccc(CNC(=O)[C@H]2CN(c3ncc(C(=O)O)c(O)n3)CCN2S(=O)(=O)c2ccc(C(F)(F)F)cc2)cc1. The van der Waals surface area contributed by atoms with E-state index < -0.39 is 56.0 Å². The van der Waals surface area contributed by atoms with Crippen LogP contribution in [0, 0.1) is 0 Å². The van der Waals surface area contributed by atoms with E-state index >= 15 is 0 Å². The zero-order chi connectivity index (χ0) is 30.8. The van der Waals surface area contributed by atoms with Gasteiger partial charge in [0.2, 0.25) is 27.8 Å². The summed E-state index contributed by atoms with van der Waals surface area (Å²) in [6.45, 7) is 3.52. The Bertz CT molecular complexity index is 1560. The first kappa shape index (κ1) is 30.7. The molecule has 0 bridgehead atoms. The van der Waals surface area contributed by atoms with Gasteiger partial charge in [-0.2, -0.15) is 22.5 Å². The zero-order valence-electron chi connectivity index (χ0n) is 22.5. The lowest BCUT2D eigenvalue weighted by Crippen LogP contribution is -2.60. The van der Waals surface area contributed by atoms with Gasteiger partial charge < -0.3 is 20.4 Å². The van der Waals surface area contributed by atoms with Gasteiger partial charge in [-0.05, 0) is 41.3 Å². The van der Waals surface area contributed by atoms with Gasteiger partial charge in [-0.1, -0.05) is 38.1 Å². The molecule has 1 aliphatic heterocycles. The minimum Gasteiger partial charge on any atom is -0.493 e. The monoisotopic (exact) mass is 607 g/mol. The van der Waals surface area contributed by atoms with Crippen molar-refractivity contribution in [2.75, 3.05) is 24.5 Å². The Balaban J connectivity index is 1.62. The third kappa shape index (κ3) is 6.62. The number of piperazine rings is 1. The predicted octanol–water partition coefficient (Wildman–Crippen LogP) is 3.22. The summed E-state index contributed by atoms with van der Waals surface area (Å²) in [5.41, 5.74) is 0.292. The third-order valence-corrected chi connectivity index (χ3v) is 8.73. The number of aromatic nitrogens is 2. The van der Waals surface area contributed by atoms with E-state index in [1.165, 1.54) is 4.90 Å². The summed E-state index contributed by atoms with van der Waals surface area (Å²) >= 11 is 0. The van der Waals surface area contributed by atoms with Crippen LogP contribution < -0.4 is 10.2 Å². The number of aromatic carboxylic acids is 1. The highest BCUT2D eigenvalue weighted by Crippen LogP contribution is 2.31. The van der Waals surface area contributed by atoms with Crippen molar-refractivity contribution in [2.24, 2.45) is 0 Å². The molecule has 224 valence electrons. The Kier molecular flexibility index (Phi) is 8.73. The molecular weight excluding hydrogens is 579 g/mol. The summed E-state index contributed by atoms with van der Waals surface area (Å²) in [5.74, 6) is -2.78. The molecule has 0 spiro atoms. The number of amides is 1. The Morgan fingerprint density at radius 2 is 1.71 bits per heavy atom. The molecule has 42 heavy (non-hydrogen) atoms. The molecule has 0 radical (unpaired) electrons. The first-order chi connectivity index (χ1) is 19.7. The Hall–Kier alpha value is -4.24. The Labute approximate surface area is 239 Å². The number of sulfonamides is 1. The Morgan fingerprint density at radius 3 is 2.26 bits per heavy atom. The number of hydrogen-bond acceptors (Lipinski definition) is 8. The molecule has 15 heteroatoms. The van der Waals surface area contributed by atoms with Gasteiger partial charge >= 0.3 is 12.1 Å². The summed E-state index contributed by atoms with van der Waals surface area (Å²) in [4.78, 5) is 33.4. The van der Waals surface area contributed by atoms with Crippen LogP contribution in [0.15, 0.2) is 59.6 Å². The number of carboxylic acids is 1. The summed E-state index contributed by atoms with van der Waals surface area (Å²) in [6.07, 6.45) is -3.77. The highest BCUT2D eigenvalue weighted by molar-refractivity contribution is 7.89. The highest BCUT2D eigenvalue weighted by atomic mass is 32.2. The molecule has 0 aliphatic carbocycles. The molecule has 0 unspecified atom stereocenters. The minimum absolute atomic E-state index is 0.0633. The predicted molar refractivity (Wildman–Crippen MR) is 144 cm³/mol. The summed E-state index contributed by atoms with van der Waals surface area (Å²) in [6, 6.07) is 9.11. The molecule has 2 aromatic carbocycles. The lowest BCUT2D eigenvalue weighted by atomic mass is 10.0. The fourth-order valence-electron chi connectivity index (χ4n) is 4.39. The van der Waals surface area contributed by atoms with Crippen LogP contribution >= 0.6 is 0 Å². The van der Waals surface area contributed by atoms with E-state index in [1.807, 2.05) is 38.1 Å². The van der Waals surface area contributed by atoms with Crippen molar-refractivity contribution in [1.29, 1.82) is 0 Å². The van der Waals surface area contributed by atoms with Crippen LogP contribution in [0.1, 0.15) is 46.8 Å². The van der Waals surface area contributed by atoms with E-state index in [2.05, 4.69) is 15.3 Å². The number of aromatic hydroxyl groups is 1. The van der Waals surface area contributed by atoms with Gasteiger partial charge in [0.05, 0.1) is 16.7 Å². The van der Waals surface area contributed by atoms with Crippen LogP contribution in [0.5, 0.6) is 5.88 Å². The average molecular weight is 608 g/mol. The lowest BCUT2D eigenvalue weighted by molar-refractivity contribution is -0.137. The maximum absolute atomic E-state index is 13.6. The molecule has 2 heterocycles. The molecule has 1 aliphatic rings. The van der Waals surface area contributed by atoms with Crippen molar-refractivity contribution in [1.82, 2.24) is 19.6 Å². The molecule has 3 aromatic rings. The van der Waals surface area contributed by atoms with Crippen molar-refractivity contribution in [3.8, 4) is 5.88 Å². The number of carboxylic acid groups (broad SMARTS) is 1. The molecule has 1 saturated heterocycles. The highest BCUT2D eigenvalue weighted by Gasteiger charge is 2.41. The van der Waals surface area contributed by atoms with Crippen LogP contribution in [0.3, 0.4) is 0 Å². The van der Waals surface area contributed by atoms with Crippen molar-refractivity contribution in [3.63, 3.8) is 0 Å². The van der Waals surface area contributed by atoms with E-state index in [9.17, 15) is 36.3 Å². The van der Waals surface area contributed by atoms with Gasteiger partial charge in [-0.15, -0.1) is 0 Å². The van der Waals surface area contributed by atoms with Gasteiger partial charge in [0.15, 0.2) is 0 Å². The quantitative estimate of drug-likeness (QED) is 0.350. The van der Waals surface area contributed by atoms with Crippen molar-refractivity contribution in [2.45, 2.75) is 43.4 Å². The van der Waals surface area contributed by atoms with Gasteiger partial charge in [-0.3, -0.25) is 4.79 Å². The number of halogens is 3. The summed E-state index contributed by atoms with van der Waals surface area (Å²) < 4.78 is 67.2. The number of carbonyl (C=O) groups excluding carboxylic acids is 1. The molecule has 11 nitrogen and oxygen atoms in total. The second-order valence-electron chi connectivity index (χ2n) is 9.93. The summed E-state index contributed by atoms with van der Waals surface area (Å²) in [7, 11) is -4.44. The van der Waals surface area contributed by atoms with E-state index in [0.717, 1.165) is 33.8 Å². The van der Waals surface area contributed by atoms with Crippen LogP contribution in [0.4, 0.5) is 19.1 Å². The number of hydrogen-bond donors (Lipinski definition) is 3. The zero-order valence-corrected chi connectivity index (χ0v) is 23.4. The largest absolute Gasteiger partial charge is 0.493 e. The number of anilines is 1. The first-order valence-corrected chi connectivity index (χ1v) is 14.2. The van der Waals surface area contributed by atoms with Crippen molar-refractivity contribution >= 4 is 27.8 Å². The van der Waals surface area contributed by atoms with Crippen LogP contribution in [-0.2, 0) is 27.5 Å². The molecule has 0 saturated carbocycles. The average Bonchev–Trinajstić information content (AvgIpc) is 2.95. The van der Waals surface area contributed by atoms with Crippen LogP contribution in [0.2, 0.25) is 0 Å². The maximum atomic E-state index is 13.6. The standard InChI is InChI=1S/C27H28F3N5O6S/c1-16(2)18-5-3-17(4-6-18)13-31-24(37)22-15-34(26-32-14-21(25(38)39)23(36)33-26)11-12-35(22)42(40,41)20-9-7-19(8-10-20)27(28,29)30/h3-10,14,16,22H,11-13,15H2,1-2H3,(H,31,37)(H,38,39)(H,32,33,36)/t22-/m1/s1. The van der Waals surface area contributed by atoms with Gasteiger partial charge in [0.25, 0.3) is 0 Å². The van der Waals surface area contributed by atoms with Gasteiger partial charge in [0, 0.05) is 26.2 Å². The number of rotatable bonds is 8. The van der Waals surface area contributed by atoms with Gasteiger partial charge in [0.1, 0.15) is 11.6 Å². The van der Waals surface area contributed by atoms with Crippen molar-refractivity contribution < 1.29 is 41.4 Å². The van der Waals surface area contributed by atoms with E-state index in [1.54, 1.807) is 0 Å². The van der Waals surface area contributed by atoms with Crippen LogP contribution in [-0.4, -0.2) is 70.5 Å². The fourth-order valence-corrected chi connectivity index (χ4v) is 5.97. The Morgan fingerprint density at radius 1 is 1.07 bits per heavy atom. The summed E-state index contributed by atoms with van der Waals surface area (Å²) in [5, 5.41) is 21.9. The number of alkyl halides is 3. The number of nitrogens with one attached hydrogen (secondary N) is 1.